The molecule has 1 heterocycles. The van der Waals surface area contributed by atoms with Gasteiger partial charge >= 0.3 is 0 Å². The van der Waals surface area contributed by atoms with Gasteiger partial charge in [-0.3, -0.25) is 4.99 Å². The molecule has 4 heteroatoms. The first-order valence-electron chi connectivity index (χ1n) is 2.37. The first kappa shape index (κ1) is 6.07. The van der Waals surface area contributed by atoms with Gasteiger partial charge in [-0.2, -0.15) is 0 Å². The Balaban J connectivity index is 2.58. The van der Waals surface area contributed by atoms with E-state index < -0.39 is 0 Å². The highest BCUT2D eigenvalue weighted by atomic mass is 32.2. The quantitative estimate of drug-likeness (QED) is 0.475. The van der Waals surface area contributed by atoms with Crippen LogP contribution in [0.1, 0.15) is 6.92 Å². The van der Waals surface area contributed by atoms with Crippen molar-refractivity contribution in [3.63, 3.8) is 0 Å². The van der Waals surface area contributed by atoms with Gasteiger partial charge in [-0.05, 0) is 6.92 Å². The Bertz CT molecular complexity index is 120. The smallest absolute Gasteiger partial charge is 0.146 e. The first-order valence-corrected chi connectivity index (χ1v) is 3.25. The van der Waals surface area contributed by atoms with E-state index in [9.17, 15) is 0 Å². The average molecular weight is 131 g/mol. The van der Waals surface area contributed by atoms with Crippen LogP contribution in [0.2, 0.25) is 0 Å². The lowest BCUT2D eigenvalue weighted by molar-refractivity contribution is 0.928. The molecule has 0 aromatic carbocycles. The Labute approximate surface area is 52.5 Å². The van der Waals surface area contributed by atoms with E-state index in [-0.39, 0.29) is 10.4 Å². The van der Waals surface area contributed by atoms with Crippen molar-refractivity contribution in [3.8, 4) is 0 Å². The maximum Gasteiger partial charge on any atom is 0.146 e. The number of aliphatic imine (C=N–C) groups is 1. The molecule has 0 aliphatic carbocycles. The fourth-order valence-electron chi connectivity index (χ4n) is 0.542. The maximum atomic E-state index is 5.60. The molecule has 2 unspecified atom stereocenters. The molecule has 0 saturated carbocycles. The van der Waals surface area contributed by atoms with Crippen molar-refractivity contribution >= 4 is 18.0 Å². The second-order valence-electron chi connectivity index (χ2n) is 1.97. The highest BCUT2D eigenvalue weighted by Crippen LogP contribution is 2.25. The summed E-state index contributed by atoms with van der Waals surface area (Å²) in [7, 11) is 0. The molecule has 0 amide bonds. The molecule has 0 spiro atoms. The number of nitrogens with zero attached hydrogens (tertiary/aromatic N) is 1. The van der Waals surface area contributed by atoms with Gasteiger partial charge in [-0.15, -0.1) is 0 Å². The molecule has 0 bridgehead atoms. The summed E-state index contributed by atoms with van der Waals surface area (Å²) in [5, 5.41) is 0. The Morgan fingerprint density at radius 3 is 2.62 bits per heavy atom. The van der Waals surface area contributed by atoms with Gasteiger partial charge in [-0.25, -0.2) is 0 Å². The lowest BCUT2D eigenvalue weighted by Crippen LogP contribution is -2.32. The summed E-state index contributed by atoms with van der Waals surface area (Å²) in [6, 6.07) is 0. The molecule has 0 saturated heterocycles. The van der Waals surface area contributed by atoms with Crippen LogP contribution in [-0.2, 0) is 0 Å². The number of hydrogen-bond donors (Lipinski definition) is 2. The van der Waals surface area contributed by atoms with E-state index in [1.165, 1.54) is 11.8 Å². The van der Waals surface area contributed by atoms with Crippen LogP contribution < -0.4 is 11.5 Å². The van der Waals surface area contributed by atoms with Gasteiger partial charge in [-0.1, -0.05) is 11.8 Å². The molecule has 1 aliphatic rings. The second kappa shape index (κ2) is 1.72. The van der Waals surface area contributed by atoms with Crippen LogP contribution in [0.4, 0.5) is 0 Å². The van der Waals surface area contributed by atoms with E-state index in [2.05, 4.69) is 4.99 Å². The zero-order valence-electron chi connectivity index (χ0n) is 4.66. The fraction of sp³-hybridized carbons (Fsp3) is 0.750. The topological polar surface area (TPSA) is 64.4 Å². The van der Waals surface area contributed by atoms with Crippen molar-refractivity contribution < 1.29 is 0 Å². The van der Waals surface area contributed by atoms with Crippen LogP contribution in [0.25, 0.3) is 0 Å². The third-order valence-corrected chi connectivity index (χ3v) is 1.83. The van der Waals surface area contributed by atoms with Crippen LogP contribution >= 0.6 is 11.8 Å². The van der Waals surface area contributed by atoms with Gasteiger partial charge in [0, 0.05) is 6.21 Å². The predicted octanol–water partition coefficient (Wildman–Crippen LogP) is -0.279. The minimum Gasteiger partial charge on any atom is -0.312 e. The SMILES string of the molecule is CC1(N)C=NC(N)S1. The summed E-state index contributed by atoms with van der Waals surface area (Å²) < 4.78 is 0. The van der Waals surface area contributed by atoms with E-state index in [1.54, 1.807) is 6.21 Å². The summed E-state index contributed by atoms with van der Waals surface area (Å²) in [4.78, 5) is 3.55. The summed E-state index contributed by atoms with van der Waals surface area (Å²) >= 11 is 1.46. The highest BCUT2D eigenvalue weighted by Gasteiger charge is 2.25. The molecule has 0 fully saturated rings. The van der Waals surface area contributed by atoms with E-state index in [0.29, 0.717) is 0 Å². The number of thioether (sulfide) groups is 1. The summed E-state index contributed by atoms with van der Waals surface area (Å²) in [5.41, 5.74) is 10.8. The molecule has 4 N–H and O–H groups in total. The largest absolute Gasteiger partial charge is 0.312 e. The molecule has 0 aromatic rings. The van der Waals surface area contributed by atoms with E-state index in [1.807, 2.05) is 6.92 Å². The lowest BCUT2D eigenvalue weighted by atomic mass is 10.4. The summed E-state index contributed by atoms with van der Waals surface area (Å²) in [6.07, 6.45) is 1.68. The standard InChI is InChI=1S/C4H9N3S/c1-4(6)2-7-3(5)8-4/h2-3H,5-6H2,1H3. The van der Waals surface area contributed by atoms with Crippen LogP contribution in [0, 0.1) is 0 Å². The average Bonchev–Trinajstić information content (AvgIpc) is 1.82. The summed E-state index contributed by atoms with van der Waals surface area (Å²) in [5.74, 6) is 0. The highest BCUT2D eigenvalue weighted by molar-refractivity contribution is 8.02. The minimum absolute atomic E-state index is 0.148. The Morgan fingerprint density at radius 1 is 1.88 bits per heavy atom. The van der Waals surface area contributed by atoms with Gasteiger partial charge in [0.2, 0.25) is 0 Å². The Hall–Kier alpha value is -0.0600. The van der Waals surface area contributed by atoms with Crippen molar-refractivity contribution in [1.82, 2.24) is 0 Å². The molecular weight excluding hydrogens is 122 g/mol. The van der Waals surface area contributed by atoms with Crippen LogP contribution in [0.3, 0.4) is 0 Å². The van der Waals surface area contributed by atoms with Crippen molar-refractivity contribution in [3.05, 3.63) is 0 Å². The normalized spacial score (nSPS) is 45.6. The van der Waals surface area contributed by atoms with Gasteiger partial charge in [0.05, 0.1) is 4.87 Å². The Morgan fingerprint density at radius 2 is 2.50 bits per heavy atom. The molecule has 1 rings (SSSR count). The minimum atomic E-state index is -0.334. The molecule has 0 radical (unpaired) electrons. The molecule has 0 aromatic heterocycles. The third-order valence-electron chi connectivity index (χ3n) is 0.852. The molecule has 2 atom stereocenters. The number of nitrogens with two attached hydrogens (primary N) is 2. The van der Waals surface area contributed by atoms with E-state index in [4.69, 9.17) is 11.5 Å². The second-order valence-corrected chi connectivity index (χ2v) is 3.57. The number of hydrogen-bond acceptors (Lipinski definition) is 4. The van der Waals surface area contributed by atoms with Crippen LogP contribution in [-0.4, -0.2) is 16.6 Å². The zero-order valence-corrected chi connectivity index (χ0v) is 5.48. The maximum absolute atomic E-state index is 5.60. The molecule has 1 aliphatic heterocycles. The predicted molar refractivity (Wildman–Crippen MR) is 36.7 cm³/mol. The van der Waals surface area contributed by atoms with Crippen molar-refractivity contribution in [2.24, 2.45) is 16.5 Å². The molecular formula is C4H9N3S. The van der Waals surface area contributed by atoms with Crippen molar-refractivity contribution in [2.45, 2.75) is 17.3 Å². The lowest BCUT2D eigenvalue weighted by Gasteiger charge is -2.11. The fourth-order valence-corrected chi connectivity index (χ4v) is 1.31. The molecule has 3 nitrogen and oxygen atoms in total. The molecule has 8 heavy (non-hydrogen) atoms. The third kappa shape index (κ3) is 1.21. The van der Waals surface area contributed by atoms with E-state index in [0.717, 1.165) is 0 Å². The van der Waals surface area contributed by atoms with Gasteiger partial charge < -0.3 is 11.5 Å². The number of rotatable bonds is 0. The monoisotopic (exact) mass is 131 g/mol. The van der Waals surface area contributed by atoms with Crippen LogP contribution in [0.15, 0.2) is 4.99 Å². The van der Waals surface area contributed by atoms with Gasteiger partial charge in [0.25, 0.3) is 0 Å². The first-order chi connectivity index (χ1) is 3.60. The van der Waals surface area contributed by atoms with E-state index >= 15 is 0 Å². The van der Waals surface area contributed by atoms with Gasteiger partial charge in [0.15, 0.2) is 0 Å². The molecule has 46 valence electrons. The summed E-state index contributed by atoms with van der Waals surface area (Å²) in [6.45, 7) is 1.88. The van der Waals surface area contributed by atoms with Crippen molar-refractivity contribution in [2.75, 3.05) is 0 Å². The van der Waals surface area contributed by atoms with Gasteiger partial charge in [0.1, 0.15) is 5.50 Å². The van der Waals surface area contributed by atoms with Crippen LogP contribution in [0.5, 0.6) is 0 Å². The zero-order chi connectivity index (χ0) is 6.20. The Kier molecular flexibility index (Phi) is 1.30. The van der Waals surface area contributed by atoms with Crippen molar-refractivity contribution in [1.29, 1.82) is 0 Å².